The van der Waals surface area contributed by atoms with E-state index >= 15 is 0 Å². The molecule has 2 amide bonds. The summed E-state index contributed by atoms with van der Waals surface area (Å²) < 4.78 is 5.47. The van der Waals surface area contributed by atoms with E-state index in [1.807, 2.05) is 32.0 Å². The molecule has 2 fully saturated rings. The number of hydrogen-bond donors (Lipinski definition) is 1. The van der Waals surface area contributed by atoms with Gasteiger partial charge in [0.2, 0.25) is 0 Å². The third-order valence-corrected chi connectivity index (χ3v) is 4.43. The molecule has 22 heavy (non-hydrogen) atoms. The van der Waals surface area contributed by atoms with Crippen molar-refractivity contribution in [3.05, 3.63) is 29.3 Å². The number of rotatable bonds is 2. The van der Waals surface area contributed by atoms with Crippen LogP contribution in [0.1, 0.15) is 24.0 Å². The van der Waals surface area contributed by atoms with Crippen LogP contribution in [-0.2, 0) is 14.3 Å². The summed E-state index contributed by atoms with van der Waals surface area (Å²) in [7, 11) is 0. The quantitative estimate of drug-likeness (QED) is 0.849. The fourth-order valence-corrected chi connectivity index (χ4v) is 2.92. The molecular formula is C17H22N2O3. The largest absolute Gasteiger partial charge is 0.377 e. The van der Waals surface area contributed by atoms with E-state index in [1.54, 1.807) is 4.90 Å². The topological polar surface area (TPSA) is 58.6 Å². The Morgan fingerprint density at radius 1 is 1.27 bits per heavy atom. The van der Waals surface area contributed by atoms with Gasteiger partial charge >= 0.3 is 11.8 Å². The Balaban J connectivity index is 1.70. The second kappa shape index (κ2) is 6.08. The molecule has 0 aromatic heterocycles. The summed E-state index contributed by atoms with van der Waals surface area (Å²) in [6.07, 6.45) is 2.24. The smallest absolute Gasteiger partial charge is 0.313 e. The molecule has 5 heteroatoms. The number of benzene rings is 1. The van der Waals surface area contributed by atoms with E-state index in [-0.39, 0.29) is 6.04 Å². The van der Waals surface area contributed by atoms with Gasteiger partial charge in [-0.2, -0.15) is 0 Å². The summed E-state index contributed by atoms with van der Waals surface area (Å²) in [4.78, 5) is 26.5. The summed E-state index contributed by atoms with van der Waals surface area (Å²) in [5.41, 5.74) is 2.71. The van der Waals surface area contributed by atoms with Crippen LogP contribution in [-0.4, -0.2) is 42.5 Å². The van der Waals surface area contributed by atoms with Gasteiger partial charge in [-0.1, -0.05) is 12.1 Å². The number of amides is 2. The van der Waals surface area contributed by atoms with Gasteiger partial charge in [0.25, 0.3) is 0 Å². The number of ether oxygens (including phenoxy) is 1. The highest BCUT2D eigenvalue weighted by Gasteiger charge is 2.40. The number of morpholine rings is 1. The molecule has 1 unspecified atom stereocenters. The van der Waals surface area contributed by atoms with E-state index in [4.69, 9.17) is 4.74 Å². The van der Waals surface area contributed by atoms with Crippen molar-refractivity contribution in [2.45, 2.75) is 32.7 Å². The van der Waals surface area contributed by atoms with Crippen LogP contribution in [0.2, 0.25) is 0 Å². The highest BCUT2D eigenvalue weighted by atomic mass is 16.5. The molecule has 2 aliphatic rings. The molecule has 1 heterocycles. The summed E-state index contributed by atoms with van der Waals surface area (Å²) in [5.74, 6) is -0.500. The number of carbonyl (C=O) groups excluding carboxylic acids is 2. The molecule has 0 spiro atoms. The predicted octanol–water partition coefficient (Wildman–Crippen LogP) is 1.88. The maximum atomic E-state index is 12.5. The van der Waals surface area contributed by atoms with Crippen LogP contribution in [0.5, 0.6) is 0 Å². The molecule has 1 saturated carbocycles. The van der Waals surface area contributed by atoms with Crippen LogP contribution in [0.15, 0.2) is 18.2 Å². The van der Waals surface area contributed by atoms with Gasteiger partial charge < -0.3 is 15.0 Å². The molecule has 1 saturated heterocycles. The van der Waals surface area contributed by atoms with Crippen molar-refractivity contribution in [2.75, 3.05) is 25.1 Å². The predicted molar refractivity (Wildman–Crippen MR) is 83.6 cm³/mol. The van der Waals surface area contributed by atoms with Crippen molar-refractivity contribution < 1.29 is 14.3 Å². The van der Waals surface area contributed by atoms with Gasteiger partial charge in [-0.3, -0.25) is 9.59 Å². The zero-order valence-electron chi connectivity index (χ0n) is 13.1. The van der Waals surface area contributed by atoms with Crippen LogP contribution in [0, 0.1) is 19.8 Å². The standard InChI is InChI=1S/C17H22N2O3/c1-11-3-4-12(2)14(9-11)18-16(20)17(21)19-7-8-22-10-15(19)13-5-6-13/h3-4,9,13,15H,5-8,10H2,1-2H3,(H,18,20). The van der Waals surface area contributed by atoms with E-state index < -0.39 is 11.8 Å². The first-order valence-electron chi connectivity index (χ1n) is 7.83. The normalized spacial score (nSPS) is 21.5. The monoisotopic (exact) mass is 302 g/mol. The van der Waals surface area contributed by atoms with Crippen molar-refractivity contribution in [3.8, 4) is 0 Å². The first kappa shape index (κ1) is 15.0. The van der Waals surface area contributed by atoms with E-state index in [2.05, 4.69) is 5.32 Å². The van der Waals surface area contributed by atoms with E-state index in [0.29, 0.717) is 31.4 Å². The Bertz CT molecular complexity index is 596. The van der Waals surface area contributed by atoms with Crippen molar-refractivity contribution in [3.63, 3.8) is 0 Å². The van der Waals surface area contributed by atoms with E-state index in [9.17, 15) is 9.59 Å². The average molecular weight is 302 g/mol. The third kappa shape index (κ3) is 3.14. The van der Waals surface area contributed by atoms with Crippen LogP contribution < -0.4 is 5.32 Å². The fourth-order valence-electron chi connectivity index (χ4n) is 2.92. The summed E-state index contributed by atoms with van der Waals surface area (Å²) in [5, 5.41) is 2.76. The van der Waals surface area contributed by atoms with Gasteiger partial charge in [-0.05, 0) is 49.8 Å². The molecule has 1 aromatic rings. The number of anilines is 1. The van der Waals surface area contributed by atoms with Gasteiger partial charge in [-0.15, -0.1) is 0 Å². The molecule has 1 aliphatic carbocycles. The molecule has 1 aliphatic heterocycles. The Morgan fingerprint density at radius 3 is 2.77 bits per heavy atom. The van der Waals surface area contributed by atoms with Crippen LogP contribution >= 0.6 is 0 Å². The third-order valence-electron chi connectivity index (χ3n) is 4.43. The van der Waals surface area contributed by atoms with Crippen LogP contribution in [0.3, 0.4) is 0 Å². The minimum atomic E-state index is -0.554. The summed E-state index contributed by atoms with van der Waals surface area (Å²) in [6.45, 7) is 5.43. The molecule has 5 nitrogen and oxygen atoms in total. The molecular weight excluding hydrogens is 280 g/mol. The number of nitrogens with one attached hydrogen (secondary N) is 1. The molecule has 118 valence electrons. The zero-order chi connectivity index (χ0) is 15.7. The minimum absolute atomic E-state index is 0.0607. The molecule has 0 bridgehead atoms. The second-order valence-corrected chi connectivity index (χ2v) is 6.25. The fraction of sp³-hybridized carbons (Fsp3) is 0.529. The molecule has 1 aromatic carbocycles. The number of carbonyl (C=O) groups is 2. The second-order valence-electron chi connectivity index (χ2n) is 6.25. The van der Waals surface area contributed by atoms with Crippen molar-refractivity contribution in [2.24, 2.45) is 5.92 Å². The SMILES string of the molecule is Cc1ccc(C)c(NC(=O)C(=O)N2CCOCC2C2CC2)c1. The zero-order valence-corrected chi connectivity index (χ0v) is 13.1. The first-order chi connectivity index (χ1) is 10.6. The lowest BCUT2D eigenvalue weighted by atomic mass is 10.1. The number of aryl methyl sites for hydroxylation is 2. The average Bonchev–Trinajstić information content (AvgIpc) is 3.35. The number of hydrogen-bond acceptors (Lipinski definition) is 3. The van der Waals surface area contributed by atoms with Crippen LogP contribution in [0.4, 0.5) is 5.69 Å². The van der Waals surface area contributed by atoms with Gasteiger partial charge in [0.15, 0.2) is 0 Å². The van der Waals surface area contributed by atoms with Crippen LogP contribution in [0.25, 0.3) is 0 Å². The minimum Gasteiger partial charge on any atom is -0.377 e. The van der Waals surface area contributed by atoms with Crippen molar-refractivity contribution in [1.82, 2.24) is 4.90 Å². The molecule has 3 rings (SSSR count). The summed E-state index contributed by atoms with van der Waals surface area (Å²) >= 11 is 0. The highest BCUT2D eigenvalue weighted by molar-refractivity contribution is 6.39. The Kier molecular flexibility index (Phi) is 4.16. The Hall–Kier alpha value is -1.88. The Morgan fingerprint density at radius 2 is 2.05 bits per heavy atom. The van der Waals surface area contributed by atoms with Crippen molar-refractivity contribution in [1.29, 1.82) is 0 Å². The van der Waals surface area contributed by atoms with E-state index in [1.165, 1.54) is 0 Å². The Labute approximate surface area is 130 Å². The maximum Gasteiger partial charge on any atom is 0.313 e. The molecule has 1 N–H and O–H groups in total. The van der Waals surface area contributed by atoms with Gasteiger partial charge in [-0.25, -0.2) is 0 Å². The van der Waals surface area contributed by atoms with Gasteiger partial charge in [0, 0.05) is 12.2 Å². The highest BCUT2D eigenvalue weighted by Crippen LogP contribution is 2.36. The lowest BCUT2D eigenvalue weighted by Crippen LogP contribution is -2.53. The molecule has 1 atom stereocenters. The maximum absolute atomic E-state index is 12.5. The summed E-state index contributed by atoms with van der Waals surface area (Å²) in [6, 6.07) is 5.87. The molecule has 0 radical (unpaired) electrons. The lowest BCUT2D eigenvalue weighted by molar-refractivity contribution is -0.149. The van der Waals surface area contributed by atoms with E-state index in [0.717, 1.165) is 24.0 Å². The van der Waals surface area contributed by atoms with Gasteiger partial charge in [0.1, 0.15) is 0 Å². The number of nitrogens with zero attached hydrogens (tertiary/aromatic N) is 1. The van der Waals surface area contributed by atoms with Crippen molar-refractivity contribution >= 4 is 17.5 Å². The lowest BCUT2D eigenvalue weighted by Gasteiger charge is -2.35. The van der Waals surface area contributed by atoms with Gasteiger partial charge in [0.05, 0.1) is 19.3 Å². The first-order valence-corrected chi connectivity index (χ1v) is 7.83.